The zero-order valence-electron chi connectivity index (χ0n) is 13.4. The average molecular weight is 405 g/mol. The lowest BCUT2D eigenvalue weighted by Crippen LogP contribution is -2.42. The van der Waals surface area contributed by atoms with Crippen molar-refractivity contribution in [3.63, 3.8) is 0 Å². The predicted molar refractivity (Wildman–Crippen MR) is 94.7 cm³/mol. The van der Waals surface area contributed by atoms with Crippen LogP contribution in [0.4, 0.5) is 11.4 Å². The summed E-state index contributed by atoms with van der Waals surface area (Å²) < 4.78 is 31.4. The molecule has 2 rings (SSSR count). The van der Waals surface area contributed by atoms with E-state index in [4.69, 9.17) is 4.74 Å². The largest absolute Gasteiger partial charge is 0.490 e. The molecule has 1 aliphatic heterocycles. The molecule has 1 aromatic carbocycles. The number of carbonyl (C=O) groups excluding carboxylic acids is 1. The monoisotopic (exact) mass is 404 g/mol. The number of ether oxygens (including phenoxy) is 1. The van der Waals surface area contributed by atoms with Crippen LogP contribution in [0, 0.1) is 5.41 Å². The molecule has 0 bridgehead atoms. The van der Waals surface area contributed by atoms with E-state index >= 15 is 0 Å². The zero-order valence-corrected chi connectivity index (χ0v) is 15.8. The topological polar surface area (TPSA) is 75.7 Å². The molecule has 1 aliphatic rings. The van der Waals surface area contributed by atoms with Crippen LogP contribution in [0.5, 0.6) is 5.75 Å². The van der Waals surface area contributed by atoms with Crippen molar-refractivity contribution < 1.29 is 17.9 Å². The van der Waals surface area contributed by atoms with Gasteiger partial charge in [-0.1, -0.05) is 22.9 Å². The van der Waals surface area contributed by atoms with E-state index in [-0.39, 0.29) is 17.2 Å². The lowest BCUT2D eigenvalue weighted by atomic mass is 9.93. The SMILES string of the molecule is CCCN1C(=O)C(C)(C)COc2cc(NS(=O)(=O)CBr)ccc21. The first-order chi connectivity index (χ1) is 10.7. The van der Waals surface area contributed by atoms with Crippen molar-refractivity contribution in [2.75, 3.05) is 27.4 Å². The van der Waals surface area contributed by atoms with Crippen LogP contribution < -0.4 is 14.4 Å². The molecular formula is C15H21BrN2O4S. The lowest BCUT2D eigenvalue weighted by molar-refractivity contribution is -0.127. The number of carbonyl (C=O) groups is 1. The van der Waals surface area contributed by atoms with Crippen LogP contribution in [0.25, 0.3) is 0 Å². The summed E-state index contributed by atoms with van der Waals surface area (Å²) in [6, 6.07) is 4.97. The van der Waals surface area contributed by atoms with Crippen LogP contribution in [0.2, 0.25) is 0 Å². The summed E-state index contributed by atoms with van der Waals surface area (Å²) in [7, 11) is -3.43. The number of rotatable bonds is 5. The van der Waals surface area contributed by atoms with Gasteiger partial charge in [0.2, 0.25) is 15.9 Å². The van der Waals surface area contributed by atoms with Crippen molar-refractivity contribution in [1.82, 2.24) is 0 Å². The van der Waals surface area contributed by atoms with Gasteiger partial charge in [-0.05, 0) is 32.4 Å². The number of nitrogens with zero attached hydrogens (tertiary/aromatic N) is 1. The molecule has 1 amide bonds. The van der Waals surface area contributed by atoms with Crippen molar-refractivity contribution in [1.29, 1.82) is 0 Å². The molecule has 1 N–H and O–H groups in total. The first kappa shape index (κ1) is 18.1. The molecule has 1 heterocycles. The number of hydrogen-bond donors (Lipinski definition) is 1. The van der Waals surface area contributed by atoms with Crippen molar-refractivity contribution in [3.05, 3.63) is 18.2 Å². The molecule has 8 heteroatoms. The van der Waals surface area contributed by atoms with Gasteiger partial charge in [0.05, 0.1) is 16.8 Å². The minimum absolute atomic E-state index is 0.00638. The Balaban J connectivity index is 2.43. The fourth-order valence-electron chi connectivity index (χ4n) is 2.36. The normalized spacial score (nSPS) is 17.2. The van der Waals surface area contributed by atoms with Crippen molar-refractivity contribution in [2.24, 2.45) is 5.41 Å². The molecule has 0 saturated heterocycles. The smallest absolute Gasteiger partial charge is 0.242 e. The lowest BCUT2D eigenvalue weighted by Gasteiger charge is -2.27. The standard InChI is InChI=1S/C15H21BrN2O4S/c1-4-7-18-12-6-5-11(17-23(20,21)10-16)8-13(12)22-9-15(2,3)14(18)19/h5-6,8,17H,4,7,9-10H2,1-3H3. The highest BCUT2D eigenvalue weighted by atomic mass is 79.9. The second kappa shape index (κ2) is 6.68. The average Bonchev–Trinajstić information content (AvgIpc) is 2.58. The summed E-state index contributed by atoms with van der Waals surface area (Å²) in [4.78, 5) is 14.4. The van der Waals surface area contributed by atoms with Gasteiger partial charge in [-0.15, -0.1) is 0 Å². The van der Waals surface area contributed by atoms with E-state index in [1.165, 1.54) is 0 Å². The molecule has 1 aromatic rings. The van der Waals surface area contributed by atoms with E-state index in [1.807, 2.05) is 20.8 Å². The maximum Gasteiger partial charge on any atom is 0.242 e. The van der Waals surface area contributed by atoms with Crippen LogP contribution in [-0.4, -0.2) is 32.1 Å². The molecule has 0 aliphatic carbocycles. The van der Waals surface area contributed by atoms with Gasteiger partial charge < -0.3 is 9.64 Å². The van der Waals surface area contributed by atoms with Gasteiger partial charge in [0.1, 0.15) is 17.0 Å². The molecule has 0 saturated carbocycles. The summed E-state index contributed by atoms with van der Waals surface area (Å²) in [5.41, 5.74) is 0.444. The molecule has 0 spiro atoms. The van der Waals surface area contributed by atoms with Crippen LogP contribution >= 0.6 is 15.9 Å². The van der Waals surface area contributed by atoms with Crippen LogP contribution in [0.3, 0.4) is 0 Å². The molecule has 0 radical (unpaired) electrons. The number of halogens is 1. The Hall–Kier alpha value is -1.28. The number of nitrogens with one attached hydrogen (secondary N) is 1. The van der Waals surface area contributed by atoms with Crippen LogP contribution in [0.15, 0.2) is 18.2 Å². The second-order valence-electron chi connectivity index (χ2n) is 6.14. The Bertz CT molecular complexity index is 703. The quantitative estimate of drug-likeness (QED) is 0.765. The molecular weight excluding hydrogens is 384 g/mol. The third-order valence-corrected chi connectivity index (χ3v) is 6.17. The third kappa shape index (κ3) is 3.98. The van der Waals surface area contributed by atoms with Gasteiger partial charge in [-0.3, -0.25) is 9.52 Å². The maximum atomic E-state index is 12.7. The van der Waals surface area contributed by atoms with E-state index in [2.05, 4.69) is 20.7 Å². The number of hydrogen-bond acceptors (Lipinski definition) is 4. The van der Waals surface area contributed by atoms with E-state index in [0.29, 0.717) is 23.7 Å². The summed E-state index contributed by atoms with van der Waals surface area (Å²) in [5.74, 6) is 0.513. The van der Waals surface area contributed by atoms with Gasteiger partial charge in [0.25, 0.3) is 0 Å². The zero-order chi connectivity index (χ0) is 17.3. The first-order valence-electron chi connectivity index (χ1n) is 7.35. The molecule has 0 unspecified atom stereocenters. The van der Waals surface area contributed by atoms with Gasteiger partial charge in [0, 0.05) is 12.6 Å². The molecule has 0 fully saturated rings. The summed E-state index contributed by atoms with van der Waals surface area (Å²) in [5, 5.41) is 0. The highest BCUT2D eigenvalue weighted by Gasteiger charge is 2.37. The van der Waals surface area contributed by atoms with E-state index in [0.717, 1.165) is 6.42 Å². The minimum atomic E-state index is -3.43. The minimum Gasteiger partial charge on any atom is -0.490 e. The summed E-state index contributed by atoms with van der Waals surface area (Å²) in [6.07, 6.45) is 0.819. The Morgan fingerprint density at radius 2 is 2.09 bits per heavy atom. The van der Waals surface area contributed by atoms with Gasteiger partial charge >= 0.3 is 0 Å². The van der Waals surface area contributed by atoms with Crippen molar-refractivity contribution in [2.45, 2.75) is 27.2 Å². The molecule has 0 aromatic heterocycles. The fraction of sp³-hybridized carbons (Fsp3) is 0.533. The predicted octanol–water partition coefficient (Wildman–Crippen LogP) is 2.94. The van der Waals surface area contributed by atoms with Gasteiger partial charge in [0.15, 0.2) is 0 Å². The Morgan fingerprint density at radius 1 is 1.39 bits per heavy atom. The van der Waals surface area contributed by atoms with Crippen molar-refractivity contribution >= 4 is 43.2 Å². The van der Waals surface area contributed by atoms with Crippen LogP contribution in [-0.2, 0) is 14.8 Å². The van der Waals surface area contributed by atoms with E-state index in [1.54, 1.807) is 23.1 Å². The summed E-state index contributed by atoms with van der Waals surface area (Å²) >= 11 is 2.93. The van der Waals surface area contributed by atoms with Gasteiger partial charge in [-0.2, -0.15) is 0 Å². The molecule has 23 heavy (non-hydrogen) atoms. The number of alkyl halides is 1. The Labute approximate surface area is 145 Å². The Kier molecular flexibility index (Phi) is 5.25. The third-order valence-electron chi connectivity index (χ3n) is 3.53. The highest BCUT2D eigenvalue weighted by Crippen LogP contribution is 2.38. The maximum absolute atomic E-state index is 12.7. The first-order valence-corrected chi connectivity index (χ1v) is 10.1. The number of fused-ring (bicyclic) bond motifs is 1. The van der Waals surface area contributed by atoms with Crippen LogP contribution in [0.1, 0.15) is 27.2 Å². The van der Waals surface area contributed by atoms with Crippen molar-refractivity contribution in [3.8, 4) is 5.75 Å². The molecule has 6 nitrogen and oxygen atoms in total. The number of benzene rings is 1. The molecule has 0 atom stereocenters. The number of anilines is 2. The number of amides is 1. The highest BCUT2D eigenvalue weighted by molar-refractivity contribution is 9.10. The summed E-state index contributed by atoms with van der Waals surface area (Å²) in [6.45, 7) is 6.53. The number of sulfonamides is 1. The van der Waals surface area contributed by atoms with E-state index < -0.39 is 15.4 Å². The molecule has 128 valence electrons. The van der Waals surface area contributed by atoms with Gasteiger partial charge in [-0.25, -0.2) is 8.42 Å². The Morgan fingerprint density at radius 3 is 2.70 bits per heavy atom. The fourth-order valence-corrected chi connectivity index (χ4v) is 3.25. The second-order valence-corrected chi connectivity index (χ2v) is 9.16. The van der Waals surface area contributed by atoms with E-state index in [9.17, 15) is 13.2 Å².